The molecule has 0 saturated carbocycles. The molecule has 0 aliphatic carbocycles. The van der Waals surface area contributed by atoms with Crippen LogP contribution in [0.25, 0.3) is 10.9 Å². The van der Waals surface area contributed by atoms with E-state index in [2.05, 4.69) is 10.3 Å². The average molecular weight is 401 g/mol. The summed E-state index contributed by atoms with van der Waals surface area (Å²) in [5, 5.41) is 3.64. The summed E-state index contributed by atoms with van der Waals surface area (Å²) < 4.78 is 19.9. The van der Waals surface area contributed by atoms with Crippen molar-refractivity contribution in [3.05, 3.63) is 64.7 Å². The van der Waals surface area contributed by atoms with E-state index < -0.39 is 5.82 Å². The van der Waals surface area contributed by atoms with E-state index in [9.17, 15) is 14.0 Å². The van der Waals surface area contributed by atoms with Crippen molar-refractivity contribution in [2.24, 2.45) is 0 Å². The Morgan fingerprint density at radius 1 is 1.25 bits per heavy atom. The summed E-state index contributed by atoms with van der Waals surface area (Å²) in [7, 11) is 1.60. The SMILES string of the molecule is COCCCn1c(SCC(=O)Nc2cccc(F)c2)nc2ccccc2c1=O. The molecule has 0 aliphatic rings. The maximum Gasteiger partial charge on any atom is 0.262 e. The van der Waals surface area contributed by atoms with Gasteiger partial charge in [0, 0.05) is 25.9 Å². The van der Waals surface area contributed by atoms with E-state index in [1.807, 2.05) is 6.07 Å². The van der Waals surface area contributed by atoms with Gasteiger partial charge in [0.1, 0.15) is 5.82 Å². The Hall–Kier alpha value is -2.71. The highest BCUT2D eigenvalue weighted by atomic mass is 32.2. The van der Waals surface area contributed by atoms with Gasteiger partial charge in [-0.25, -0.2) is 9.37 Å². The first kappa shape index (κ1) is 20.0. The Morgan fingerprint density at radius 3 is 2.86 bits per heavy atom. The Kier molecular flexibility index (Phi) is 6.78. The van der Waals surface area contributed by atoms with Crippen molar-refractivity contribution in [1.82, 2.24) is 9.55 Å². The van der Waals surface area contributed by atoms with Crippen LogP contribution in [0.5, 0.6) is 0 Å². The van der Waals surface area contributed by atoms with Crippen LogP contribution in [0.1, 0.15) is 6.42 Å². The van der Waals surface area contributed by atoms with Gasteiger partial charge in [0.05, 0.1) is 16.7 Å². The van der Waals surface area contributed by atoms with Gasteiger partial charge in [0.25, 0.3) is 5.56 Å². The van der Waals surface area contributed by atoms with Crippen LogP contribution < -0.4 is 10.9 Å². The van der Waals surface area contributed by atoms with Gasteiger partial charge in [-0.2, -0.15) is 0 Å². The van der Waals surface area contributed by atoms with E-state index in [-0.39, 0.29) is 17.2 Å². The van der Waals surface area contributed by atoms with Gasteiger partial charge in [-0.15, -0.1) is 0 Å². The number of thioether (sulfide) groups is 1. The standard InChI is InChI=1S/C20H20FN3O3S/c1-27-11-5-10-24-19(26)16-8-2-3-9-17(16)23-20(24)28-13-18(25)22-15-7-4-6-14(21)12-15/h2-4,6-9,12H,5,10-11,13H2,1H3,(H,22,25). The number of aromatic nitrogens is 2. The molecular weight excluding hydrogens is 381 g/mol. The van der Waals surface area contributed by atoms with Crippen molar-refractivity contribution in [2.45, 2.75) is 18.1 Å². The third kappa shape index (κ3) is 4.96. The number of fused-ring (bicyclic) bond motifs is 1. The number of anilines is 1. The summed E-state index contributed by atoms with van der Waals surface area (Å²) in [5.74, 6) is -0.680. The molecule has 0 bridgehead atoms. The number of carbonyl (C=O) groups excluding carboxylic acids is 1. The number of nitrogens with one attached hydrogen (secondary N) is 1. The van der Waals surface area contributed by atoms with Crippen molar-refractivity contribution >= 4 is 34.3 Å². The number of carbonyl (C=O) groups is 1. The molecule has 8 heteroatoms. The summed E-state index contributed by atoms with van der Waals surface area (Å²) in [6.45, 7) is 0.960. The molecule has 1 aromatic heterocycles. The lowest BCUT2D eigenvalue weighted by Gasteiger charge is -2.13. The number of ether oxygens (including phenoxy) is 1. The quantitative estimate of drug-likeness (QED) is 0.356. The molecule has 0 spiro atoms. The van der Waals surface area contributed by atoms with Crippen LogP contribution in [0.3, 0.4) is 0 Å². The lowest BCUT2D eigenvalue weighted by molar-refractivity contribution is -0.113. The average Bonchev–Trinajstić information content (AvgIpc) is 2.68. The fourth-order valence-electron chi connectivity index (χ4n) is 2.72. The monoisotopic (exact) mass is 401 g/mol. The molecule has 0 aliphatic heterocycles. The predicted molar refractivity (Wildman–Crippen MR) is 108 cm³/mol. The Bertz CT molecular complexity index is 1040. The first-order chi connectivity index (χ1) is 13.6. The molecule has 0 atom stereocenters. The van der Waals surface area contributed by atoms with Crippen LogP contribution in [0, 0.1) is 5.82 Å². The number of para-hydroxylation sites is 1. The summed E-state index contributed by atoms with van der Waals surface area (Å²) in [6.07, 6.45) is 0.652. The number of benzene rings is 2. The van der Waals surface area contributed by atoms with Crippen LogP contribution in [0.15, 0.2) is 58.5 Å². The first-order valence-electron chi connectivity index (χ1n) is 8.75. The summed E-state index contributed by atoms with van der Waals surface area (Å²) in [5.41, 5.74) is 0.827. The van der Waals surface area contributed by atoms with E-state index in [0.717, 1.165) is 0 Å². The second-order valence-electron chi connectivity index (χ2n) is 6.06. The van der Waals surface area contributed by atoms with E-state index in [4.69, 9.17) is 4.74 Å². The molecule has 146 valence electrons. The minimum atomic E-state index is -0.423. The molecule has 1 N–H and O–H groups in total. The Morgan fingerprint density at radius 2 is 2.07 bits per heavy atom. The molecule has 3 rings (SSSR count). The maximum atomic E-state index is 13.2. The number of halogens is 1. The van der Waals surface area contributed by atoms with Crippen molar-refractivity contribution in [1.29, 1.82) is 0 Å². The zero-order valence-corrected chi connectivity index (χ0v) is 16.2. The van der Waals surface area contributed by atoms with Gasteiger partial charge in [0.15, 0.2) is 5.16 Å². The summed E-state index contributed by atoms with van der Waals surface area (Å²) in [4.78, 5) is 29.6. The molecule has 0 unspecified atom stereocenters. The largest absolute Gasteiger partial charge is 0.385 e. The van der Waals surface area contributed by atoms with Crippen molar-refractivity contribution < 1.29 is 13.9 Å². The smallest absolute Gasteiger partial charge is 0.262 e. The molecule has 2 aromatic carbocycles. The minimum Gasteiger partial charge on any atom is -0.385 e. The lowest BCUT2D eigenvalue weighted by atomic mass is 10.2. The maximum absolute atomic E-state index is 13.2. The zero-order chi connectivity index (χ0) is 19.9. The topological polar surface area (TPSA) is 73.2 Å². The highest BCUT2D eigenvalue weighted by Crippen LogP contribution is 2.19. The molecule has 6 nitrogen and oxygen atoms in total. The van der Waals surface area contributed by atoms with Crippen molar-refractivity contribution in [2.75, 3.05) is 24.8 Å². The molecule has 0 saturated heterocycles. The van der Waals surface area contributed by atoms with Gasteiger partial charge in [0.2, 0.25) is 5.91 Å². The second-order valence-corrected chi connectivity index (χ2v) is 7.00. The Balaban J connectivity index is 1.79. The number of rotatable bonds is 8. The number of hydrogen-bond donors (Lipinski definition) is 1. The number of nitrogens with zero attached hydrogens (tertiary/aromatic N) is 2. The van der Waals surface area contributed by atoms with Crippen molar-refractivity contribution in [3.8, 4) is 0 Å². The molecular formula is C20H20FN3O3S. The van der Waals surface area contributed by atoms with Gasteiger partial charge in [-0.3, -0.25) is 14.2 Å². The molecule has 3 aromatic rings. The van der Waals surface area contributed by atoms with E-state index in [1.54, 1.807) is 35.9 Å². The third-order valence-electron chi connectivity index (χ3n) is 4.00. The summed E-state index contributed by atoms with van der Waals surface area (Å²) >= 11 is 1.17. The third-order valence-corrected chi connectivity index (χ3v) is 4.97. The molecule has 0 fully saturated rings. The summed E-state index contributed by atoms with van der Waals surface area (Å²) in [6, 6.07) is 12.8. The fourth-order valence-corrected chi connectivity index (χ4v) is 3.54. The van der Waals surface area contributed by atoms with Gasteiger partial charge in [-0.1, -0.05) is 30.0 Å². The predicted octanol–water partition coefficient (Wildman–Crippen LogP) is 3.30. The number of methoxy groups -OCH3 is 1. The number of hydrogen-bond acceptors (Lipinski definition) is 5. The van der Waals surface area contributed by atoms with Crippen LogP contribution in [0.2, 0.25) is 0 Å². The van der Waals surface area contributed by atoms with Gasteiger partial charge in [-0.05, 0) is 36.8 Å². The zero-order valence-electron chi connectivity index (χ0n) is 15.4. The minimum absolute atomic E-state index is 0.0472. The molecule has 1 amide bonds. The van der Waals surface area contributed by atoms with Crippen LogP contribution in [-0.2, 0) is 16.1 Å². The van der Waals surface area contributed by atoms with E-state index >= 15 is 0 Å². The molecule has 1 heterocycles. The number of amides is 1. The lowest BCUT2D eigenvalue weighted by Crippen LogP contribution is -2.25. The fraction of sp³-hybridized carbons (Fsp3) is 0.250. The highest BCUT2D eigenvalue weighted by Gasteiger charge is 2.13. The van der Waals surface area contributed by atoms with Gasteiger partial charge >= 0.3 is 0 Å². The molecule has 0 radical (unpaired) electrons. The Labute approximate surface area is 165 Å². The molecule has 28 heavy (non-hydrogen) atoms. The van der Waals surface area contributed by atoms with Crippen molar-refractivity contribution in [3.63, 3.8) is 0 Å². The first-order valence-corrected chi connectivity index (χ1v) is 9.74. The van der Waals surface area contributed by atoms with Gasteiger partial charge < -0.3 is 10.1 Å². The normalized spacial score (nSPS) is 10.9. The van der Waals surface area contributed by atoms with Crippen LogP contribution in [0.4, 0.5) is 10.1 Å². The second kappa shape index (κ2) is 9.48. The van der Waals surface area contributed by atoms with E-state index in [0.29, 0.717) is 41.3 Å². The van der Waals surface area contributed by atoms with E-state index in [1.165, 1.54) is 30.0 Å². The highest BCUT2D eigenvalue weighted by molar-refractivity contribution is 7.99. The van der Waals surface area contributed by atoms with Crippen LogP contribution >= 0.6 is 11.8 Å². The van der Waals surface area contributed by atoms with Crippen LogP contribution in [-0.4, -0.2) is 34.9 Å².